The fourth-order valence-electron chi connectivity index (χ4n) is 4.47. The zero-order valence-corrected chi connectivity index (χ0v) is 16.6. The van der Waals surface area contributed by atoms with Gasteiger partial charge in [-0.3, -0.25) is 4.79 Å². The van der Waals surface area contributed by atoms with E-state index in [9.17, 15) is 4.79 Å². The molecule has 0 spiro atoms. The summed E-state index contributed by atoms with van der Waals surface area (Å²) in [6.45, 7) is 7.13. The molecule has 0 atom stereocenters. The molecule has 1 aromatic rings. The third-order valence-corrected chi connectivity index (χ3v) is 6.39. The van der Waals surface area contributed by atoms with E-state index >= 15 is 0 Å². The summed E-state index contributed by atoms with van der Waals surface area (Å²) in [6, 6.07) is 8.87. The molecule has 1 heterocycles. The van der Waals surface area contributed by atoms with Gasteiger partial charge < -0.3 is 9.64 Å². The Morgan fingerprint density at radius 1 is 1.04 bits per heavy atom. The number of likely N-dealkylation sites (tertiary alicyclic amines) is 1. The van der Waals surface area contributed by atoms with Gasteiger partial charge in [0.1, 0.15) is 11.5 Å². The van der Waals surface area contributed by atoms with Gasteiger partial charge in [-0.15, -0.1) is 0 Å². The van der Waals surface area contributed by atoms with Gasteiger partial charge in [-0.05, 0) is 88.1 Å². The maximum atomic E-state index is 11.1. The zero-order valence-electron chi connectivity index (χ0n) is 16.6. The highest BCUT2D eigenvalue weighted by molar-refractivity contribution is 5.75. The minimum atomic E-state index is 0.297. The van der Waals surface area contributed by atoms with Crippen LogP contribution in [0.3, 0.4) is 0 Å². The van der Waals surface area contributed by atoms with E-state index in [0.29, 0.717) is 24.2 Å². The van der Waals surface area contributed by atoms with Crippen LogP contribution in [0.15, 0.2) is 24.3 Å². The van der Waals surface area contributed by atoms with Crippen molar-refractivity contribution in [1.29, 1.82) is 0 Å². The number of carbonyl (C=O) groups excluding carboxylic acids is 1. The van der Waals surface area contributed by atoms with Gasteiger partial charge in [-0.1, -0.05) is 25.5 Å². The summed E-state index contributed by atoms with van der Waals surface area (Å²) in [4.78, 5) is 13.6. The van der Waals surface area contributed by atoms with Gasteiger partial charge in [0, 0.05) is 13.0 Å². The molecule has 3 rings (SSSR count). The van der Waals surface area contributed by atoms with Crippen molar-refractivity contribution in [3.63, 3.8) is 0 Å². The highest BCUT2D eigenvalue weighted by Gasteiger charge is 2.22. The topological polar surface area (TPSA) is 29.5 Å². The summed E-state index contributed by atoms with van der Waals surface area (Å²) >= 11 is 0. The van der Waals surface area contributed by atoms with Crippen molar-refractivity contribution in [3.8, 4) is 5.75 Å². The molecule has 0 N–H and O–H groups in total. The lowest BCUT2D eigenvalue weighted by atomic mass is 9.86. The summed E-state index contributed by atoms with van der Waals surface area (Å²) in [7, 11) is 0. The monoisotopic (exact) mass is 357 g/mol. The standard InChI is InChI=1S/C23H35NO2/c1-3-19-4-8-22(9-5-19)26-23-10-6-20(7-11-23)21-13-16-24(17-14-21)15-12-18(2)25/h6-7,10-11,19,21-22H,3-5,8-9,12-17H2,1-2H3/t19-,22+. The van der Waals surface area contributed by atoms with Crippen molar-refractivity contribution in [2.75, 3.05) is 19.6 Å². The molecule has 0 radical (unpaired) electrons. The highest BCUT2D eigenvalue weighted by atomic mass is 16.5. The predicted molar refractivity (Wildman–Crippen MR) is 107 cm³/mol. The smallest absolute Gasteiger partial charge is 0.131 e. The molecular weight excluding hydrogens is 322 g/mol. The Kier molecular flexibility index (Phi) is 7.13. The second kappa shape index (κ2) is 9.55. The molecule has 0 aromatic heterocycles. The average Bonchev–Trinajstić information content (AvgIpc) is 2.68. The molecule has 1 aliphatic carbocycles. The van der Waals surface area contributed by atoms with E-state index in [1.807, 2.05) is 0 Å². The van der Waals surface area contributed by atoms with Crippen LogP contribution in [0.5, 0.6) is 5.75 Å². The molecule has 0 bridgehead atoms. The lowest BCUT2D eigenvalue weighted by molar-refractivity contribution is -0.117. The SMILES string of the molecule is CC[C@H]1CC[C@@H](Oc2ccc(C3CCN(CCC(C)=O)CC3)cc2)CC1. The second-order valence-electron chi connectivity index (χ2n) is 8.31. The van der Waals surface area contributed by atoms with E-state index in [4.69, 9.17) is 4.74 Å². The maximum Gasteiger partial charge on any atom is 0.131 e. The summed E-state index contributed by atoms with van der Waals surface area (Å²) in [6.07, 6.45) is 9.86. The normalized spacial score (nSPS) is 25.2. The van der Waals surface area contributed by atoms with Crippen LogP contribution in [0.25, 0.3) is 0 Å². The Morgan fingerprint density at radius 2 is 1.69 bits per heavy atom. The molecule has 26 heavy (non-hydrogen) atoms. The summed E-state index contributed by atoms with van der Waals surface area (Å²) in [5.74, 6) is 2.90. The number of ether oxygens (including phenoxy) is 1. The number of hydrogen-bond acceptors (Lipinski definition) is 3. The fraction of sp³-hybridized carbons (Fsp3) is 0.696. The molecule has 2 fully saturated rings. The van der Waals surface area contributed by atoms with Crippen LogP contribution in [-0.2, 0) is 4.79 Å². The van der Waals surface area contributed by atoms with Crippen LogP contribution in [0.4, 0.5) is 0 Å². The van der Waals surface area contributed by atoms with Crippen LogP contribution in [0.1, 0.15) is 76.7 Å². The maximum absolute atomic E-state index is 11.1. The fourth-order valence-corrected chi connectivity index (χ4v) is 4.47. The molecule has 1 saturated heterocycles. The van der Waals surface area contributed by atoms with Crippen molar-refractivity contribution in [1.82, 2.24) is 4.90 Å². The highest BCUT2D eigenvalue weighted by Crippen LogP contribution is 2.32. The van der Waals surface area contributed by atoms with Crippen molar-refractivity contribution in [2.45, 2.75) is 77.2 Å². The van der Waals surface area contributed by atoms with E-state index in [1.54, 1.807) is 6.92 Å². The average molecular weight is 358 g/mol. The summed E-state index contributed by atoms with van der Waals surface area (Å²) in [5, 5.41) is 0. The van der Waals surface area contributed by atoms with Crippen LogP contribution in [0.2, 0.25) is 0 Å². The third kappa shape index (κ3) is 5.57. The van der Waals surface area contributed by atoms with Crippen LogP contribution in [0, 0.1) is 5.92 Å². The summed E-state index contributed by atoms with van der Waals surface area (Å²) < 4.78 is 6.22. The number of ketones is 1. The van der Waals surface area contributed by atoms with Gasteiger partial charge in [0.15, 0.2) is 0 Å². The Balaban J connectivity index is 1.44. The molecule has 0 unspecified atom stereocenters. The van der Waals surface area contributed by atoms with Crippen LogP contribution in [-0.4, -0.2) is 36.4 Å². The first-order valence-corrected chi connectivity index (χ1v) is 10.6. The molecule has 0 amide bonds. The number of carbonyl (C=O) groups is 1. The first kappa shape index (κ1) is 19.4. The number of benzene rings is 1. The number of Topliss-reactive ketones (excluding diaryl/α,β-unsaturated/α-hetero) is 1. The molecule has 1 aromatic carbocycles. The van der Waals surface area contributed by atoms with E-state index in [1.165, 1.54) is 50.5 Å². The minimum absolute atomic E-state index is 0.297. The first-order valence-electron chi connectivity index (χ1n) is 10.6. The third-order valence-electron chi connectivity index (χ3n) is 6.39. The first-order chi connectivity index (χ1) is 12.6. The minimum Gasteiger partial charge on any atom is -0.490 e. The molecule has 3 heteroatoms. The van der Waals surface area contributed by atoms with Gasteiger partial charge in [0.2, 0.25) is 0 Å². The van der Waals surface area contributed by atoms with Crippen molar-refractivity contribution < 1.29 is 9.53 Å². The predicted octanol–water partition coefficient (Wildman–Crippen LogP) is 5.19. The van der Waals surface area contributed by atoms with E-state index in [-0.39, 0.29) is 0 Å². The van der Waals surface area contributed by atoms with E-state index < -0.39 is 0 Å². The van der Waals surface area contributed by atoms with Gasteiger partial charge >= 0.3 is 0 Å². The van der Waals surface area contributed by atoms with Crippen LogP contribution < -0.4 is 4.74 Å². The van der Waals surface area contributed by atoms with Gasteiger partial charge in [0.25, 0.3) is 0 Å². The Bertz CT molecular complexity index is 552. The largest absolute Gasteiger partial charge is 0.490 e. The Morgan fingerprint density at radius 3 is 2.27 bits per heavy atom. The molecule has 2 aliphatic rings. The van der Waals surface area contributed by atoms with Gasteiger partial charge in [0.05, 0.1) is 6.10 Å². The lowest BCUT2D eigenvalue weighted by Gasteiger charge is -2.32. The second-order valence-corrected chi connectivity index (χ2v) is 8.31. The number of rotatable bonds is 7. The molecule has 1 saturated carbocycles. The number of piperidine rings is 1. The Labute approximate surface area is 159 Å². The van der Waals surface area contributed by atoms with E-state index in [0.717, 1.165) is 31.3 Å². The zero-order chi connectivity index (χ0) is 18.4. The van der Waals surface area contributed by atoms with Crippen molar-refractivity contribution in [3.05, 3.63) is 29.8 Å². The lowest BCUT2D eigenvalue weighted by Crippen LogP contribution is -2.34. The summed E-state index contributed by atoms with van der Waals surface area (Å²) in [5.41, 5.74) is 1.44. The quantitative estimate of drug-likeness (QED) is 0.672. The molecule has 1 aliphatic heterocycles. The van der Waals surface area contributed by atoms with Crippen molar-refractivity contribution in [2.24, 2.45) is 5.92 Å². The Hall–Kier alpha value is -1.35. The molecular formula is C23H35NO2. The van der Waals surface area contributed by atoms with Crippen LogP contribution >= 0.6 is 0 Å². The molecule has 144 valence electrons. The number of hydrogen-bond donors (Lipinski definition) is 0. The van der Waals surface area contributed by atoms with Gasteiger partial charge in [-0.25, -0.2) is 0 Å². The van der Waals surface area contributed by atoms with Gasteiger partial charge in [-0.2, -0.15) is 0 Å². The molecule has 3 nitrogen and oxygen atoms in total. The number of nitrogens with zero attached hydrogens (tertiary/aromatic N) is 1. The van der Waals surface area contributed by atoms with Crippen molar-refractivity contribution >= 4 is 5.78 Å². The van der Waals surface area contributed by atoms with E-state index in [2.05, 4.69) is 36.1 Å².